The van der Waals surface area contributed by atoms with Crippen LogP contribution in [-0.4, -0.2) is 47.5 Å². The highest BCUT2D eigenvalue weighted by Gasteiger charge is 2.11. The molecule has 0 saturated heterocycles. The van der Waals surface area contributed by atoms with E-state index in [1.54, 1.807) is 0 Å². The van der Waals surface area contributed by atoms with Gasteiger partial charge in [0.05, 0.1) is 17.1 Å². The fraction of sp³-hybridized carbons (Fsp3) is 0.643. The number of anilines is 2. The van der Waals surface area contributed by atoms with Gasteiger partial charge in [0.2, 0.25) is 0 Å². The number of nitrogens with zero attached hydrogens (tertiary/aromatic N) is 3. The van der Waals surface area contributed by atoms with Gasteiger partial charge in [-0.25, -0.2) is 4.98 Å². The molecule has 0 aliphatic heterocycles. The van der Waals surface area contributed by atoms with Crippen molar-refractivity contribution in [3.05, 3.63) is 22.2 Å². The minimum atomic E-state index is -0.404. The zero-order valence-corrected chi connectivity index (χ0v) is 13.2. The maximum Gasteiger partial charge on any atom is 0.276 e. The van der Waals surface area contributed by atoms with Gasteiger partial charge >= 0.3 is 0 Å². The lowest BCUT2D eigenvalue weighted by Gasteiger charge is -2.23. The lowest BCUT2D eigenvalue weighted by atomic mass is 10.2. The van der Waals surface area contributed by atoms with E-state index in [1.807, 2.05) is 6.92 Å². The maximum absolute atomic E-state index is 10.9. The van der Waals surface area contributed by atoms with Gasteiger partial charge < -0.3 is 15.5 Å². The van der Waals surface area contributed by atoms with Crippen LogP contribution in [0.3, 0.4) is 0 Å². The quantitative estimate of drug-likeness (QED) is 0.538. The first kappa shape index (κ1) is 17.2. The van der Waals surface area contributed by atoms with E-state index in [2.05, 4.69) is 41.4 Å². The first-order valence-electron chi connectivity index (χ1n) is 7.32. The lowest BCUT2D eigenvalue weighted by molar-refractivity contribution is -0.384. The van der Waals surface area contributed by atoms with Crippen molar-refractivity contribution >= 4 is 17.3 Å². The van der Waals surface area contributed by atoms with Gasteiger partial charge in [-0.3, -0.25) is 10.1 Å². The standard InChI is InChI=1S/C14H25N5O2/c1-5-11(3)18(4)8-7-16-14-10-12(19(20)21)9-13(17-14)15-6-2/h9-11H,5-8H2,1-4H3,(H2,15,16,17). The third-order valence-corrected chi connectivity index (χ3v) is 3.49. The molecule has 1 atom stereocenters. The van der Waals surface area contributed by atoms with Crippen molar-refractivity contribution in [3.63, 3.8) is 0 Å². The molecule has 7 heteroatoms. The minimum Gasteiger partial charge on any atom is -0.370 e. The fourth-order valence-electron chi connectivity index (χ4n) is 1.88. The molecule has 0 fully saturated rings. The molecule has 118 valence electrons. The van der Waals surface area contributed by atoms with Crippen molar-refractivity contribution in [1.82, 2.24) is 9.88 Å². The topological polar surface area (TPSA) is 83.3 Å². The SMILES string of the molecule is CCNc1cc([N+](=O)[O-])cc(NCCN(C)C(C)CC)n1. The Bertz CT molecular complexity index is 467. The number of hydrogen-bond acceptors (Lipinski definition) is 6. The van der Waals surface area contributed by atoms with Gasteiger partial charge in [0.1, 0.15) is 11.6 Å². The molecular formula is C14H25N5O2. The van der Waals surface area contributed by atoms with Crippen LogP contribution >= 0.6 is 0 Å². The summed E-state index contributed by atoms with van der Waals surface area (Å²) in [5.74, 6) is 1.04. The lowest BCUT2D eigenvalue weighted by Crippen LogP contribution is -2.32. The average molecular weight is 295 g/mol. The summed E-state index contributed by atoms with van der Waals surface area (Å²) in [6.07, 6.45) is 1.09. The molecule has 1 heterocycles. The first-order chi connectivity index (χ1) is 9.97. The molecule has 7 nitrogen and oxygen atoms in total. The molecule has 0 saturated carbocycles. The molecule has 1 aromatic heterocycles. The monoisotopic (exact) mass is 295 g/mol. The molecule has 0 aliphatic rings. The van der Waals surface area contributed by atoms with E-state index in [0.29, 0.717) is 30.8 Å². The maximum atomic E-state index is 10.9. The minimum absolute atomic E-state index is 0.0405. The van der Waals surface area contributed by atoms with E-state index in [1.165, 1.54) is 12.1 Å². The highest BCUT2D eigenvalue weighted by molar-refractivity contribution is 5.54. The molecule has 0 spiro atoms. The van der Waals surface area contributed by atoms with E-state index >= 15 is 0 Å². The van der Waals surface area contributed by atoms with Crippen LogP contribution in [0.25, 0.3) is 0 Å². The average Bonchev–Trinajstić information content (AvgIpc) is 2.46. The third-order valence-electron chi connectivity index (χ3n) is 3.49. The predicted molar refractivity (Wildman–Crippen MR) is 85.9 cm³/mol. The number of likely N-dealkylation sites (N-methyl/N-ethyl adjacent to an activating group) is 1. The molecule has 1 aromatic rings. The molecule has 2 N–H and O–H groups in total. The normalized spacial score (nSPS) is 12.2. The fourth-order valence-corrected chi connectivity index (χ4v) is 1.88. The number of rotatable bonds is 9. The zero-order chi connectivity index (χ0) is 15.8. The van der Waals surface area contributed by atoms with Crippen molar-refractivity contribution in [2.24, 2.45) is 0 Å². The van der Waals surface area contributed by atoms with Crippen LogP contribution in [0.1, 0.15) is 27.2 Å². The van der Waals surface area contributed by atoms with E-state index < -0.39 is 4.92 Å². The Morgan fingerprint density at radius 1 is 1.33 bits per heavy atom. The molecule has 1 rings (SSSR count). The van der Waals surface area contributed by atoms with Crippen molar-refractivity contribution in [3.8, 4) is 0 Å². The summed E-state index contributed by atoms with van der Waals surface area (Å²) in [6, 6.07) is 3.42. The van der Waals surface area contributed by atoms with Crippen molar-refractivity contribution in [2.45, 2.75) is 33.2 Å². The predicted octanol–water partition coefficient (Wildman–Crippen LogP) is 2.56. The summed E-state index contributed by atoms with van der Waals surface area (Å²) < 4.78 is 0. The van der Waals surface area contributed by atoms with Gasteiger partial charge in [0, 0.05) is 25.7 Å². The van der Waals surface area contributed by atoms with E-state index in [-0.39, 0.29) is 5.69 Å². The van der Waals surface area contributed by atoms with Gasteiger partial charge in [-0.2, -0.15) is 0 Å². The Morgan fingerprint density at radius 3 is 2.48 bits per heavy atom. The Balaban J connectivity index is 2.67. The summed E-state index contributed by atoms with van der Waals surface area (Å²) in [7, 11) is 2.07. The summed E-state index contributed by atoms with van der Waals surface area (Å²) in [4.78, 5) is 17.1. The van der Waals surface area contributed by atoms with Crippen LogP contribution in [0, 0.1) is 10.1 Å². The van der Waals surface area contributed by atoms with Gasteiger partial charge in [-0.05, 0) is 27.3 Å². The van der Waals surface area contributed by atoms with E-state index in [9.17, 15) is 10.1 Å². The molecule has 0 bridgehead atoms. The second kappa shape index (κ2) is 8.41. The van der Waals surface area contributed by atoms with Gasteiger partial charge in [0.15, 0.2) is 0 Å². The Labute approximate surface area is 125 Å². The smallest absolute Gasteiger partial charge is 0.276 e. The first-order valence-corrected chi connectivity index (χ1v) is 7.32. The number of hydrogen-bond donors (Lipinski definition) is 2. The van der Waals surface area contributed by atoms with Crippen molar-refractivity contribution in [1.29, 1.82) is 0 Å². The molecule has 0 amide bonds. The molecular weight excluding hydrogens is 270 g/mol. The van der Waals surface area contributed by atoms with Crippen molar-refractivity contribution in [2.75, 3.05) is 37.3 Å². The molecule has 1 unspecified atom stereocenters. The third kappa shape index (κ3) is 5.55. The van der Waals surface area contributed by atoms with Gasteiger partial charge in [-0.1, -0.05) is 6.92 Å². The summed E-state index contributed by atoms with van der Waals surface area (Å²) in [5, 5.41) is 17.1. The summed E-state index contributed by atoms with van der Waals surface area (Å²) in [5.41, 5.74) is 0.0405. The van der Waals surface area contributed by atoms with Crippen LogP contribution in [0.4, 0.5) is 17.3 Å². The highest BCUT2D eigenvalue weighted by atomic mass is 16.6. The highest BCUT2D eigenvalue weighted by Crippen LogP contribution is 2.20. The number of nitrogens with one attached hydrogen (secondary N) is 2. The van der Waals surface area contributed by atoms with Gasteiger partial charge in [0.25, 0.3) is 5.69 Å². The molecule has 0 aliphatic carbocycles. The molecule has 0 radical (unpaired) electrons. The van der Waals surface area contributed by atoms with Crippen LogP contribution in [0.15, 0.2) is 12.1 Å². The largest absolute Gasteiger partial charge is 0.370 e. The molecule has 0 aromatic carbocycles. The Morgan fingerprint density at radius 2 is 1.95 bits per heavy atom. The zero-order valence-electron chi connectivity index (χ0n) is 13.2. The van der Waals surface area contributed by atoms with E-state index in [0.717, 1.165) is 13.0 Å². The van der Waals surface area contributed by atoms with E-state index in [4.69, 9.17) is 0 Å². The van der Waals surface area contributed by atoms with Gasteiger partial charge in [-0.15, -0.1) is 0 Å². The number of pyridine rings is 1. The van der Waals surface area contributed by atoms with Crippen LogP contribution in [0.2, 0.25) is 0 Å². The second-order valence-electron chi connectivity index (χ2n) is 5.05. The van der Waals surface area contributed by atoms with Crippen LogP contribution in [0.5, 0.6) is 0 Å². The number of nitro groups is 1. The number of aromatic nitrogens is 1. The Hall–Kier alpha value is -1.89. The summed E-state index contributed by atoms with van der Waals surface area (Å²) >= 11 is 0. The Kier molecular flexibility index (Phi) is 6.87. The van der Waals surface area contributed by atoms with Crippen LogP contribution < -0.4 is 10.6 Å². The van der Waals surface area contributed by atoms with Crippen LogP contribution in [-0.2, 0) is 0 Å². The summed E-state index contributed by atoms with van der Waals surface area (Å²) in [6.45, 7) is 8.48. The second-order valence-corrected chi connectivity index (χ2v) is 5.05. The van der Waals surface area contributed by atoms with Crippen molar-refractivity contribution < 1.29 is 4.92 Å². The molecule has 21 heavy (non-hydrogen) atoms.